The van der Waals surface area contributed by atoms with E-state index in [4.69, 9.17) is 11.6 Å². The number of piperidine rings is 1. The minimum atomic E-state index is 0.174. The minimum absolute atomic E-state index is 0.174. The number of rotatable bonds is 2. The van der Waals surface area contributed by atoms with E-state index in [0.29, 0.717) is 17.5 Å². The molecule has 1 atom stereocenters. The number of amides is 1. The number of nitrogens with zero attached hydrogens (tertiary/aromatic N) is 1. The highest BCUT2D eigenvalue weighted by Gasteiger charge is 2.25. The molecule has 1 unspecified atom stereocenters. The Morgan fingerprint density at radius 1 is 1.38 bits per heavy atom. The molecule has 1 fully saturated rings. The van der Waals surface area contributed by atoms with Crippen molar-refractivity contribution in [3.63, 3.8) is 0 Å². The lowest BCUT2D eigenvalue weighted by Gasteiger charge is -2.31. The molecule has 1 amide bonds. The first-order valence-electron chi connectivity index (χ1n) is 5.44. The van der Waals surface area contributed by atoms with Crippen molar-refractivity contribution < 1.29 is 4.79 Å². The molecule has 86 valence electrons. The second-order valence-corrected chi connectivity index (χ2v) is 4.44. The molecule has 0 aliphatic carbocycles. The van der Waals surface area contributed by atoms with Crippen LogP contribution in [-0.2, 0) is 4.79 Å². The van der Waals surface area contributed by atoms with Gasteiger partial charge in [0.25, 0.3) is 0 Å². The lowest BCUT2D eigenvalue weighted by molar-refractivity contribution is -0.120. The topological polar surface area (TPSA) is 32.3 Å². The first-order valence-corrected chi connectivity index (χ1v) is 5.81. The van der Waals surface area contributed by atoms with Crippen LogP contribution in [0.3, 0.4) is 0 Å². The third kappa shape index (κ3) is 2.36. The van der Waals surface area contributed by atoms with Gasteiger partial charge in [0, 0.05) is 29.7 Å². The molecule has 0 saturated carbocycles. The summed E-state index contributed by atoms with van der Waals surface area (Å²) in [5.74, 6) is 0.174. The van der Waals surface area contributed by atoms with Gasteiger partial charge < -0.3 is 10.2 Å². The van der Waals surface area contributed by atoms with Crippen molar-refractivity contribution >= 4 is 23.2 Å². The van der Waals surface area contributed by atoms with E-state index >= 15 is 0 Å². The van der Waals surface area contributed by atoms with Crippen LogP contribution in [0.5, 0.6) is 0 Å². The van der Waals surface area contributed by atoms with Gasteiger partial charge in [-0.05, 0) is 37.7 Å². The van der Waals surface area contributed by atoms with E-state index in [1.165, 1.54) is 0 Å². The van der Waals surface area contributed by atoms with Crippen LogP contribution in [0.4, 0.5) is 5.69 Å². The quantitative estimate of drug-likeness (QED) is 0.856. The Morgan fingerprint density at radius 3 is 2.62 bits per heavy atom. The summed E-state index contributed by atoms with van der Waals surface area (Å²) in [5.41, 5.74) is 0.934. The van der Waals surface area contributed by atoms with Gasteiger partial charge in [-0.3, -0.25) is 4.79 Å². The lowest BCUT2D eigenvalue weighted by atomic mass is 10.0. The normalized spacial score (nSPS) is 21.2. The molecule has 1 aliphatic heterocycles. The molecular formula is C12H15ClN2O. The number of nitrogens with one attached hydrogen (secondary N) is 1. The average Bonchev–Trinajstić information content (AvgIpc) is 2.30. The number of anilines is 1. The highest BCUT2D eigenvalue weighted by molar-refractivity contribution is 6.30. The van der Waals surface area contributed by atoms with E-state index in [1.807, 2.05) is 36.2 Å². The summed E-state index contributed by atoms with van der Waals surface area (Å²) in [7, 11) is 1.90. The number of benzene rings is 1. The maximum absolute atomic E-state index is 11.9. The first-order chi connectivity index (χ1) is 7.70. The molecule has 1 N–H and O–H groups in total. The predicted molar refractivity (Wildman–Crippen MR) is 65.9 cm³/mol. The van der Waals surface area contributed by atoms with E-state index in [0.717, 1.165) is 18.7 Å². The molecule has 1 saturated heterocycles. The molecule has 2 rings (SSSR count). The Morgan fingerprint density at radius 2 is 2.06 bits per heavy atom. The Labute approximate surface area is 100 Å². The summed E-state index contributed by atoms with van der Waals surface area (Å²) in [6.45, 7) is 0.770. The van der Waals surface area contributed by atoms with Crippen LogP contribution >= 0.6 is 11.6 Å². The molecule has 0 aromatic heterocycles. The van der Waals surface area contributed by atoms with E-state index in [9.17, 15) is 4.79 Å². The van der Waals surface area contributed by atoms with Gasteiger partial charge in [0.15, 0.2) is 0 Å². The summed E-state index contributed by atoms with van der Waals surface area (Å²) in [6.07, 6.45) is 1.56. The van der Waals surface area contributed by atoms with Gasteiger partial charge in [0.05, 0.1) is 0 Å². The molecule has 1 aliphatic rings. The van der Waals surface area contributed by atoms with Crippen molar-refractivity contribution in [3.05, 3.63) is 29.3 Å². The first kappa shape index (κ1) is 11.4. The third-order valence-corrected chi connectivity index (χ3v) is 3.22. The number of carbonyl (C=O) groups excluding carboxylic acids is 1. The van der Waals surface area contributed by atoms with Gasteiger partial charge in [-0.25, -0.2) is 0 Å². The van der Waals surface area contributed by atoms with Crippen molar-refractivity contribution in [2.45, 2.75) is 18.9 Å². The Balaban J connectivity index is 2.11. The van der Waals surface area contributed by atoms with Crippen molar-refractivity contribution in [2.24, 2.45) is 0 Å². The Bertz CT molecular complexity index is 377. The van der Waals surface area contributed by atoms with E-state index in [-0.39, 0.29) is 5.91 Å². The second-order valence-electron chi connectivity index (χ2n) is 4.00. The van der Waals surface area contributed by atoms with Crippen LogP contribution in [0, 0.1) is 0 Å². The van der Waals surface area contributed by atoms with Crippen molar-refractivity contribution in [1.82, 2.24) is 5.32 Å². The Kier molecular flexibility index (Phi) is 3.46. The molecule has 4 heteroatoms. The summed E-state index contributed by atoms with van der Waals surface area (Å²) in [5, 5.41) is 3.84. The number of halogens is 1. The molecule has 16 heavy (non-hydrogen) atoms. The largest absolute Gasteiger partial charge is 0.316 e. The number of hydrogen-bond donors (Lipinski definition) is 1. The fraction of sp³-hybridized carbons (Fsp3) is 0.417. The zero-order chi connectivity index (χ0) is 11.5. The van der Waals surface area contributed by atoms with Crippen LogP contribution < -0.4 is 10.2 Å². The maximum Gasteiger partial charge on any atom is 0.228 e. The van der Waals surface area contributed by atoms with E-state index < -0.39 is 0 Å². The van der Waals surface area contributed by atoms with Gasteiger partial charge >= 0.3 is 0 Å². The number of hydrogen-bond acceptors (Lipinski definition) is 2. The predicted octanol–water partition coefficient (Wildman–Crippen LogP) is 2.05. The summed E-state index contributed by atoms with van der Waals surface area (Å²) < 4.78 is 0. The standard InChI is InChI=1S/C12H15ClN2O/c1-14-10-6-7-15(12(16)8-10)11-4-2-9(13)3-5-11/h2-5,10,14H,6-8H2,1H3. The molecule has 1 aromatic carbocycles. The van der Waals surface area contributed by atoms with Crippen LogP contribution in [0.25, 0.3) is 0 Å². The zero-order valence-electron chi connectivity index (χ0n) is 9.24. The van der Waals surface area contributed by atoms with Crippen molar-refractivity contribution in [1.29, 1.82) is 0 Å². The third-order valence-electron chi connectivity index (χ3n) is 2.97. The smallest absolute Gasteiger partial charge is 0.228 e. The molecule has 0 spiro atoms. The molecular weight excluding hydrogens is 224 g/mol. The summed E-state index contributed by atoms with van der Waals surface area (Å²) in [6, 6.07) is 7.72. The lowest BCUT2D eigenvalue weighted by Crippen LogP contribution is -2.45. The van der Waals surface area contributed by atoms with Crippen LogP contribution in [0.2, 0.25) is 5.02 Å². The van der Waals surface area contributed by atoms with Gasteiger partial charge in [0.2, 0.25) is 5.91 Å². The summed E-state index contributed by atoms with van der Waals surface area (Å²) >= 11 is 5.82. The maximum atomic E-state index is 11.9. The highest BCUT2D eigenvalue weighted by Crippen LogP contribution is 2.22. The van der Waals surface area contributed by atoms with Crippen molar-refractivity contribution in [3.8, 4) is 0 Å². The van der Waals surface area contributed by atoms with Crippen molar-refractivity contribution in [2.75, 3.05) is 18.5 Å². The Hall–Kier alpha value is -1.06. The molecule has 3 nitrogen and oxygen atoms in total. The fourth-order valence-corrected chi connectivity index (χ4v) is 2.10. The minimum Gasteiger partial charge on any atom is -0.316 e. The van der Waals surface area contributed by atoms with Gasteiger partial charge in [0.1, 0.15) is 0 Å². The molecule has 1 aromatic rings. The molecule has 0 radical (unpaired) electrons. The van der Waals surface area contributed by atoms with Gasteiger partial charge in [-0.15, -0.1) is 0 Å². The molecule has 0 bridgehead atoms. The fourth-order valence-electron chi connectivity index (χ4n) is 1.97. The monoisotopic (exact) mass is 238 g/mol. The number of carbonyl (C=O) groups is 1. The van der Waals surface area contributed by atoms with Crippen LogP contribution in [0.15, 0.2) is 24.3 Å². The summed E-state index contributed by atoms with van der Waals surface area (Å²) in [4.78, 5) is 13.7. The SMILES string of the molecule is CNC1CCN(c2ccc(Cl)cc2)C(=O)C1. The van der Waals surface area contributed by atoms with Gasteiger partial charge in [-0.2, -0.15) is 0 Å². The zero-order valence-corrected chi connectivity index (χ0v) is 10.00. The second kappa shape index (κ2) is 4.85. The highest BCUT2D eigenvalue weighted by atomic mass is 35.5. The average molecular weight is 239 g/mol. The van der Waals surface area contributed by atoms with E-state index in [2.05, 4.69) is 5.32 Å². The van der Waals surface area contributed by atoms with Crippen LogP contribution in [0.1, 0.15) is 12.8 Å². The van der Waals surface area contributed by atoms with E-state index in [1.54, 1.807) is 0 Å². The van der Waals surface area contributed by atoms with Gasteiger partial charge in [-0.1, -0.05) is 11.6 Å². The molecule has 1 heterocycles. The van der Waals surface area contributed by atoms with Crippen LogP contribution in [-0.4, -0.2) is 25.5 Å².